The van der Waals surface area contributed by atoms with E-state index in [1.54, 1.807) is 32.2 Å². The lowest BCUT2D eigenvalue weighted by Gasteiger charge is -2.15. The lowest BCUT2D eigenvalue weighted by atomic mass is 10.2. The highest BCUT2D eigenvalue weighted by atomic mass is 32.1. The first-order chi connectivity index (χ1) is 14.4. The Bertz CT molecular complexity index is 1090. The molecule has 0 aliphatic rings. The monoisotopic (exact) mass is 431 g/mol. The van der Waals surface area contributed by atoms with Gasteiger partial charge in [-0.15, -0.1) is 5.10 Å². The van der Waals surface area contributed by atoms with Crippen molar-refractivity contribution in [3.05, 3.63) is 45.9 Å². The summed E-state index contributed by atoms with van der Waals surface area (Å²) in [4.78, 5) is 31.4. The van der Waals surface area contributed by atoms with Crippen molar-refractivity contribution in [2.75, 3.05) is 32.7 Å². The minimum atomic E-state index is -0.213. The number of hydrogen-bond acceptors (Lipinski definition) is 8. The zero-order chi connectivity index (χ0) is 21.7. The highest BCUT2D eigenvalue weighted by Gasteiger charge is 2.15. The Balaban J connectivity index is 1.66. The maximum atomic E-state index is 12.4. The molecular formula is C20H25N5O4S. The number of benzene rings is 1. The summed E-state index contributed by atoms with van der Waals surface area (Å²) in [5.41, 5.74) is 1.38. The minimum Gasteiger partial charge on any atom is -0.497 e. The number of carbonyl (C=O) groups is 1. The number of aromatic nitrogens is 3. The summed E-state index contributed by atoms with van der Waals surface area (Å²) in [7, 11) is 4.91. The van der Waals surface area contributed by atoms with E-state index in [1.165, 1.54) is 21.9 Å². The van der Waals surface area contributed by atoms with E-state index in [0.29, 0.717) is 28.1 Å². The summed E-state index contributed by atoms with van der Waals surface area (Å²) < 4.78 is 11.8. The van der Waals surface area contributed by atoms with Crippen LogP contribution in [0.3, 0.4) is 0 Å². The second kappa shape index (κ2) is 9.57. The first-order valence-electron chi connectivity index (χ1n) is 9.53. The number of fused-ring (bicyclic) bond motifs is 1. The summed E-state index contributed by atoms with van der Waals surface area (Å²) in [6.45, 7) is 2.45. The topological polar surface area (TPSA) is 98.1 Å². The van der Waals surface area contributed by atoms with Gasteiger partial charge in [0.05, 0.1) is 20.8 Å². The van der Waals surface area contributed by atoms with Gasteiger partial charge in [-0.2, -0.15) is 4.52 Å². The molecule has 1 aromatic carbocycles. The molecule has 0 saturated heterocycles. The molecule has 3 aromatic rings. The quantitative estimate of drug-likeness (QED) is 0.552. The first kappa shape index (κ1) is 21.6. The van der Waals surface area contributed by atoms with Crippen molar-refractivity contribution in [2.24, 2.45) is 0 Å². The van der Waals surface area contributed by atoms with Crippen molar-refractivity contribution in [3.63, 3.8) is 0 Å². The molecule has 160 valence electrons. The van der Waals surface area contributed by atoms with Crippen molar-refractivity contribution in [2.45, 2.75) is 26.3 Å². The summed E-state index contributed by atoms with van der Waals surface area (Å²) in [5, 5.41) is 7.72. The third-order valence-electron chi connectivity index (χ3n) is 4.47. The largest absolute Gasteiger partial charge is 0.497 e. The molecule has 0 unspecified atom stereocenters. The van der Waals surface area contributed by atoms with E-state index in [9.17, 15) is 9.59 Å². The zero-order valence-corrected chi connectivity index (χ0v) is 18.3. The molecule has 0 aliphatic carbocycles. The molecule has 0 fully saturated rings. The Hall–Kier alpha value is -3.14. The van der Waals surface area contributed by atoms with Gasteiger partial charge >= 0.3 is 0 Å². The normalized spacial score (nSPS) is 10.8. The van der Waals surface area contributed by atoms with Crippen LogP contribution in [0.1, 0.15) is 24.6 Å². The average Bonchev–Trinajstić information content (AvgIpc) is 3.17. The van der Waals surface area contributed by atoms with Crippen LogP contribution >= 0.6 is 11.3 Å². The Morgan fingerprint density at radius 3 is 2.77 bits per heavy atom. The van der Waals surface area contributed by atoms with Gasteiger partial charge in [-0.05, 0) is 18.6 Å². The number of nitrogens with zero attached hydrogens (tertiary/aromatic N) is 4. The van der Waals surface area contributed by atoms with Crippen LogP contribution in [0.5, 0.6) is 11.5 Å². The fourth-order valence-corrected chi connectivity index (χ4v) is 3.80. The van der Waals surface area contributed by atoms with E-state index in [2.05, 4.69) is 15.4 Å². The van der Waals surface area contributed by atoms with Gasteiger partial charge in [0.15, 0.2) is 0 Å². The predicted octanol–water partition coefficient (Wildman–Crippen LogP) is 1.87. The molecule has 0 bridgehead atoms. The molecule has 9 nitrogen and oxygen atoms in total. The maximum absolute atomic E-state index is 12.4. The number of amides is 1. The van der Waals surface area contributed by atoms with Crippen LogP contribution in [0.4, 0.5) is 5.13 Å². The van der Waals surface area contributed by atoms with Crippen LogP contribution < -0.4 is 25.2 Å². The van der Waals surface area contributed by atoms with Crippen molar-refractivity contribution in [1.29, 1.82) is 0 Å². The molecule has 1 N–H and O–H groups in total. The fourth-order valence-electron chi connectivity index (χ4n) is 2.92. The van der Waals surface area contributed by atoms with E-state index >= 15 is 0 Å². The molecule has 3 rings (SSSR count). The molecule has 1 amide bonds. The number of ether oxygens (including phenoxy) is 2. The SMILES string of the molecule is CCCc1cc(=O)n2nc(N(C)CC(=O)NCc3ccc(OC)cc3OC)sc2n1. The fraction of sp³-hybridized carbons (Fsp3) is 0.400. The third kappa shape index (κ3) is 4.88. The number of anilines is 1. The lowest BCUT2D eigenvalue weighted by Crippen LogP contribution is -2.35. The van der Waals surface area contributed by atoms with E-state index in [0.717, 1.165) is 24.1 Å². The first-order valence-corrected chi connectivity index (χ1v) is 10.3. The highest BCUT2D eigenvalue weighted by molar-refractivity contribution is 7.20. The predicted molar refractivity (Wildman–Crippen MR) is 116 cm³/mol. The maximum Gasteiger partial charge on any atom is 0.275 e. The van der Waals surface area contributed by atoms with Crippen molar-refractivity contribution < 1.29 is 14.3 Å². The van der Waals surface area contributed by atoms with E-state index < -0.39 is 0 Å². The molecule has 0 atom stereocenters. The van der Waals surface area contributed by atoms with Gasteiger partial charge in [-0.1, -0.05) is 24.7 Å². The summed E-state index contributed by atoms with van der Waals surface area (Å²) >= 11 is 1.28. The molecule has 2 heterocycles. The standard InChI is InChI=1S/C20H25N5O4S/c1-5-6-14-9-18(27)25-19(22-14)30-20(23-25)24(2)12-17(26)21-11-13-7-8-15(28-3)10-16(13)29-4/h7-10H,5-6,11-12H2,1-4H3,(H,21,26). The van der Waals surface area contributed by atoms with Crippen LogP contribution in [0.15, 0.2) is 29.1 Å². The van der Waals surface area contributed by atoms with Crippen LogP contribution in [0, 0.1) is 0 Å². The molecule has 0 saturated carbocycles. The molecule has 10 heteroatoms. The van der Waals surface area contributed by atoms with Gasteiger partial charge < -0.3 is 19.7 Å². The van der Waals surface area contributed by atoms with Crippen molar-refractivity contribution in [3.8, 4) is 11.5 Å². The number of nitrogens with one attached hydrogen (secondary N) is 1. The van der Waals surface area contributed by atoms with Crippen LogP contribution in [0.2, 0.25) is 0 Å². The minimum absolute atomic E-state index is 0.0921. The molecule has 0 aliphatic heterocycles. The zero-order valence-electron chi connectivity index (χ0n) is 17.5. The lowest BCUT2D eigenvalue weighted by molar-refractivity contribution is -0.119. The van der Waals surface area contributed by atoms with Gasteiger partial charge in [-0.3, -0.25) is 9.59 Å². The molecule has 30 heavy (non-hydrogen) atoms. The summed E-state index contributed by atoms with van der Waals surface area (Å²) in [6, 6.07) is 6.94. The van der Waals surface area contributed by atoms with E-state index in [4.69, 9.17) is 9.47 Å². The van der Waals surface area contributed by atoms with Gasteiger partial charge in [0.1, 0.15) is 11.5 Å². The smallest absolute Gasteiger partial charge is 0.275 e. The molecular weight excluding hydrogens is 406 g/mol. The Morgan fingerprint density at radius 1 is 1.27 bits per heavy atom. The van der Waals surface area contributed by atoms with E-state index in [-0.39, 0.29) is 18.0 Å². The Morgan fingerprint density at radius 2 is 2.07 bits per heavy atom. The number of rotatable bonds is 9. The molecule has 2 aromatic heterocycles. The van der Waals surface area contributed by atoms with Gasteiger partial charge in [0.2, 0.25) is 16.0 Å². The van der Waals surface area contributed by atoms with Gasteiger partial charge in [0, 0.05) is 37.0 Å². The highest BCUT2D eigenvalue weighted by Crippen LogP contribution is 2.24. The summed E-state index contributed by atoms with van der Waals surface area (Å²) in [6.07, 6.45) is 1.65. The Kier molecular flexibility index (Phi) is 6.88. The number of hydrogen-bond donors (Lipinski definition) is 1. The van der Waals surface area contributed by atoms with Crippen LogP contribution in [-0.4, -0.2) is 48.3 Å². The number of carbonyl (C=O) groups excluding carboxylic acids is 1. The number of aryl methyl sites for hydroxylation is 1. The van der Waals surface area contributed by atoms with Crippen LogP contribution in [-0.2, 0) is 17.8 Å². The van der Waals surface area contributed by atoms with Crippen molar-refractivity contribution in [1.82, 2.24) is 19.9 Å². The Labute approximate surface area is 178 Å². The average molecular weight is 432 g/mol. The third-order valence-corrected chi connectivity index (χ3v) is 5.49. The second-order valence-corrected chi connectivity index (χ2v) is 7.66. The number of likely N-dealkylation sites (N-methyl/N-ethyl adjacent to an activating group) is 1. The molecule has 0 radical (unpaired) electrons. The van der Waals surface area contributed by atoms with Crippen LogP contribution in [0.25, 0.3) is 4.96 Å². The van der Waals surface area contributed by atoms with Crippen molar-refractivity contribution >= 4 is 27.3 Å². The summed E-state index contributed by atoms with van der Waals surface area (Å²) in [5.74, 6) is 1.15. The van der Waals surface area contributed by atoms with Gasteiger partial charge in [-0.25, -0.2) is 4.98 Å². The molecule has 0 spiro atoms. The second-order valence-electron chi connectivity index (χ2n) is 6.73. The van der Waals surface area contributed by atoms with Gasteiger partial charge in [0.25, 0.3) is 5.56 Å². The number of methoxy groups -OCH3 is 2. The van der Waals surface area contributed by atoms with E-state index in [1.807, 2.05) is 19.1 Å².